The lowest BCUT2D eigenvalue weighted by Gasteiger charge is -2.19. The van der Waals surface area contributed by atoms with Gasteiger partial charge < -0.3 is 10.6 Å². The molecule has 6 heteroatoms. The molecule has 0 unspecified atom stereocenters. The molecule has 0 radical (unpaired) electrons. The highest BCUT2D eigenvalue weighted by Gasteiger charge is 2.52. The van der Waals surface area contributed by atoms with E-state index < -0.39 is 5.54 Å². The number of imide groups is 1. The highest BCUT2D eigenvalue weighted by atomic mass is 16.2. The summed E-state index contributed by atoms with van der Waals surface area (Å²) in [5, 5.41) is 5.66. The van der Waals surface area contributed by atoms with Crippen LogP contribution in [0.25, 0.3) is 0 Å². The summed E-state index contributed by atoms with van der Waals surface area (Å²) in [6.45, 7) is 4.43. The number of rotatable bonds is 6. The molecule has 1 spiro atoms. The Labute approximate surface area is 154 Å². The third-order valence-corrected chi connectivity index (χ3v) is 5.64. The normalized spacial score (nSPS) is 19.7. The molecule has 1 saturated heterocycles. The number of urea groups is 1. The second kappa shape index (κ2) is 7.48. The SMILES string of the molecule is CC[C@@H](C)c1ccc(NC(=O)CCN2C(=O)NC3(CCCC3)C2=O)cc1. The maximum atomic E-state index is 12.6. The molecule has 1 aliphatic carbocycles. The maximum absolute atomic E-state index is 12.6. The van der Waals surface area contributed by atoms with Gasteiger partial charge in [0.05, 0.1) is 0 Å². The predicted molar refractivity (Wildman–Crippen MR) is 99.8 cm³/mol. The summed E-state index contributed by atoms with van der Waals surface area (Å²) in [7, 11) is 0. The molecule has 0 aromatic heterocycles. The van der Waals surface area contributed by atoms with Gasteiger partial charge in [0.1, 0.15) is 5.54 Å². The van der Waals surface area contributed by atoms with Gasteiger partial charge in [-0.2, -0.15) is 0 Å². The lowest BCUT2D eigenvalue weighted by atomic mass is 9.98. The molecule has 1 aromatic rings. The van der Waals surface area contributed by atoms with Crippen LogP contribution in [-0.4, -0.2) is 34.8 Å². The number of carbonyl (C=O) groups excluding carboxylic acids is 3. The minimum absolute atomic E-state index is 0.0996. The van der Waals surface area contributed by atoms with Gasteiger partial charge >= 0.3 is 6.03 Å². The monoisotopic (exact) mass is 357 g/mol. The van der Waals surface area contributed by atoms with E-state index in [-0.39, 0.29) is 30.8 Å². The summed E-state index contributed by atoms with van der Waals surface area (Å²) < 4.78 is 0. The van der Waals surface area contributed by atoms with Crippen molar-refractivity contribution in [2.75, 3.05) is 11.9 Å². The van der Waals surface area contributed by atoms with Crippen LogP contribution in [0.1, 0.15) is 63.9 Å². The smallest absolute Gasteiger partial charge is 0.325 e. The number of benzene rings is 1. The van der Waals surface area contributed by atoms with Crippen molar-refractivity contribution in [2.45, 2.75) is 63.8 Å². The fraction of sp³-hybridized carbons (Fsp3) is 0.550. The van der Waals surface area contributed by atoms with Crippen LogP contribution < -0.4 is 10.6 Å². The molecule has 1 aliphatic heterocycles. The first-order valence-electron chi connectivity index (χ1n) is 9.49. The van der Waals surface area contributed by atoms with Gasteiger partial charge in [0, 0.05) is 18.7 Å². The van der Waals surface area contributed by atoms with E-state index in [0.29, 0.717) is 18.8 Å². The zero-order valence-corrected chi connectivity index (χ0v) is 15.5. The second-order valence-electron chi connectivity index (χ2n) is 7.41. The average molecular weight is 357 g/mol. The van der Waals surface area contributed by atoms with Crippen LogP contribution >= 0.6 is 0 Å². The highest BCUT2D eigenvalue weighted by Crippen LogP contribution is 2.35. The zero-order valence-electron chi connectivity index (χ0n) is 15.5. The maximum Gasteiger partial charge on any atom is 0.325 e. The van der Waals surface area contributed by atoms with Crippen LogP contribution in [0.5, 0.6) is 0 Å². The van der Waals surface area contributed by atoms with Gasteiger partial charge in [-0.05, 0) is 42.9 Å². The standard InChI is InChI=1S/C20H27N3O3/c1-3-14(2)15-6-8-16(9-7-15)21-17(24)10-13-23-18(25)20(22-19(23)26)11-4-5-12-20/h6-9,14H,3-5,10-13H2,1-2H3,(H,21,24)(H,22,26)/t14-/m1/s1. The summed E-state index contributed by atoms with van der Waals surface area (Å²) in [6, 6.07) is 7.44. The Bertz CT molecular complexity index is 693. The van der Waals surface area contributed by atoms with E-state index in [4.69, 9.17) is 0 Å². The van der Waals surface area contributed by atoms with Crippen molar-refractivity contribution >= 4 is 23.5 Å². The molecule has 26 heavy (non-hydrogen) atoms. The molecule has 2 aliphatic rings. The van der Waals surface area contributed by atoms with Crippen LogP contribution in [0.3, 0.4) is 0 Å². The summed E-state index contributed by atoms with van der Waals surface area (Å²) in [5.74, 6) is 0.113. The van der Waals surface area contributed by atoms with Gasteiger partial charge in [-0.25, -0.2) is 4.79 Å². The first kappa shape index (κ1) is 18.4. The molecule has 2 fully saturated rings. The van der Waals surface area contributed by atoms with E-state index in [1.54, 1.807) is 0 Å². The van der Waals surface area contributed by atoms with Crippen molar-refractivity contribution in [1.29, 1.82) is 0 Å². The van der Waals surface area contributed by atoms with Crippen LogP contribution in [0.2, 0.25) is 0 Å². The molecule has 3 rings (SSSR count). The van der Waals surface area contributed by atoms with Crippen molar-refractivity contribution < 1.29 is 14.4 Å². The summed E-state index contributed by atoms with van der Waals surface area (Å²) >= 11 is 0. The number of nitrogens with zero attached hydrogens (tertiary/aromatic N) is 1. The first-order valence-corrected chi connectivity index (χ1v) is 9.49. The molecule has 1 atom stereocenters. The Morgan fingerprint density at radius 2 is 1.88 bits per heavy atom. The van der Waals surface area contributed by atoms with Crippen molar-refractivity contribution in [3.63, 3.8) is 0 Å². The number of nitrogens with one attached hydrogen (secondary N) is 2. The van der Waals surface area contributed by atoms with E-state index in [2.05, 4.69) is 24.5 Å². The van der Waals surface area contributed by atoms with E-state index in [1.807, 2.05) is 24.3 Å². The zero-order chi connectivity index (χ0) is 18.7. The molecular formula is C20H27N3O3. The lowest BCUT2D eigenvalue weighted by molar-refractivity contribution is -0.131. The number of carbonyl (C=O) groups is 3. The first-order chi connectivity index (χ1) is 12.4. The Hall–Kier alpha value is -2.37. The van der Waals surface area contributed by atoms with Gasteiger partial charge in [-0.1, -0.05) is 38.8 Å². The fourth-order valence-electron chi connectivity index (χ4n) is 3.76. The lowest BCUT2D eigenvalue weighted by Crippen LogP contribution is -2.44. The minimum Gasteiger partial charge on any atom is -0.326 e. The Balaban J connectivity index is 1.53. The van der Waals surface area contributed by atoms with Crippen LogP contribution in [0.4, 0.5) is 10.5 Å². The molecular weight excluding hydrogens is 330 g/mol. The summed E-state index contributed by atoms with van der Waals surface area (Å²) in [5.41, 5.74) is 1.26. The van der Waals surface area contributed by atoms with Gasteiger partial charge in [0.2, 0.25) is 5.91 Å². The average Bonchev–Trinajstić information content (AvgIpc) is 3.19. The number of hydrogen-bond donors (Lipinski definition) is 2. The van der Waals surface area contributed by atoms with Gasteiger partial charge in [-0.15, -0.1) is 0 Å². The van der Waals surface area contributed by atoms with Crippen LogP contribution in [0.15, 0.2) is 24.3 Å². The van der Waals surface area contributed by atoms with Crippen LogP contribution in [0, 0.1) is 0 Å². The van der Waals surface area contributed by atoms with Gasteiger partial charge in [0.15, 0.2) is 0 Å². The number of amides is 4. The van der Waals surface area contributed by atoms with E-state index in [9.17, 15) is 14.4 Å². The van der Waals surface area contributed by atoms with E-state index in [1.165, 1.54) is 10.5 Å². The Kier molecular flexibility index (Phi) is 5.30. The minimum atomic E-state index is -0.709. The molecule has 1 saturated carbocycles. The largest absolute Gasteiger partial charge is 0.326 e. The van der Waals surface area contributed by atoms with Gasteiger partial charge in [-0.3, -0.25) is 14.5 Å². The van der Waals surface area contributed by atoms with Gasteiger partial charge in [0.25, 0.3) is 5.91 Å². The molecule has 140 valence electrons. The fourth-order valence-corrected chi connectivity index (χ4v) is 3.76. The van der Waals surface area contributed by atoms with Crippen LogP contribution in [-0.2, 0) is 9.59 Å². The topological polar surface area (TPSA) is 78.5 Å². The summed E-state index contributed by atoms with van der Waals surface area (Å²) in [4.78, 5) is 38.0. The molecule has 1 heterocycles. The number of anilines is 1. The van der Waals surface area contributed by atoms with E-state index in [0.717, 1.165) is 24.9 Å². The molecule has 0 bridgehead atoms. The number of hydrogen-bond acceptors (Lipinski definition) is 3. The molecule has 1 aromatic carbocycles. The predicted octanol–water partition coefficient (Wildman–Crippen LogP) is 3.39. The van der Waals surface area contributed by atoms with Crippen molar-refractivity contribution in [1.82, 2.24) is 10.2 Å². The Morgan fingerprint density at radius 3 is 2.50 bits per heavy atom. The third kappa shape index (κ3) is 3.59. The van der Waals surface area contributed by atoms with Crippen molar-refractivity contribution in [2.24, 2.45) is 0 Å². The molecule has 4 amide bonds. The van der Waals surface area contributed by atoms with E-state index >= 15 is 0 Å². The molecule has 6 nitrogen and oxygen atoms in total. The molecule has 2 N–H and O–H groups in total. The second-order valence-corrected chi connectivity index (χ2v) is 7.41. The Morgan fingerprint density at radius 1 is 1.23 bits per heavy atom. The highest BCUT2D eigenvalue weighted by molar-refractivity contribution is 6.07. The third-order valence-electron chi connectivity index (χ3n) is 5.64. The quantitative estimate of drug-likeness (QED) is 0.766. The van der Waals surface area contributed by atoms with Crippen molar-refractivity contribution in [3.8, 4) is 0 Å². The van der Waals surface area contributed by atoms with Crippen molar-refractivity contribution in [3.05, 3.63) is 29.8 Å². The summed E-state index contributed by atoms with van der Waals surface area (Å²) in [6.07, 6.45) is 4.47.